The lowest BCUT2D eigenvalue weighted by atomic mass is 10.1. The molecule has 4 nitrogen and oxygen atoms in total. The molecule has 2 heterocycles. The Labute approximate surface area is 154 Å². The van der Waals surface area contributed by atoms with Gasteiger partial charge in [0, 0.05) is 17.1 Å². The van der Waals surface area contributed by atoms with Crippen LogP contribution in [-0.2, 0) is 15.6 Å². The molecule has 0 saturated carbocycles. The van der Waals surface area contributed by atoms with Crippen LogP contribution >= 0.6 is 34.5 Å². The van der Waals surface area contributed by atoms with Crippen molar-refractivity contribution in [2.75, 3.05) is 0 Å². The van der Waals surface area contributed by atoms with E-state index in [1.54, 1.807) is 5.38 Å². The molecule has 0 atom stereocenters. The van der Waals surface area contributed by atoms with Gasteiger partial charge in [-0.1, -0.05) is 53.0 Å². The first-order chi connectivity index (χ1) is 11.3. The maximum absolute atomic E-state index is 12.6. The summed E-state index contributed by atoms with van der Waals surface area (Å²) in [7, 11) is -3.63. The first kappa shape index (κ1) is 17.4. The number of hydrogen-bond donors (Lipinski definition) is 0. The van der Waals surface area contributed by atoms with Crippen LogP contribution in [0.4, 0.5) is 0 Å². The Hall–Kier alpha value is -1.47. The highest BCUT2D eigenvalue weighted by molar-refractivity contribution is 7.92. The van der Waals surface area contributed by atoms with Crippen molar-refractivity contribution in [3.63, 3.8) is 0 Å². The fourth-order valence-corrected chi connectivity index (χ4v) is 4.98. The molecule has 8 heteroatoms. The number of halogens is 2. The molecule has 0 amide bonds. The molecule has 3 rings (SSSR count). The summed E-state index contributed by atoms with van der Waals surface area (Å²) < 4.78 is 25.2. The summed E-state index contributed by atoms with van der Waals surface area (Å²) in [5, 5.41) is 2.31. The van der Waals surface area contributed by atoms with Gasteiger partial charge in [-0.05, 0) is 13.0 Å². The minimum Gasteiger partial charge on any atom is -0.257 e. The van der Waals surface area contributed by atoms with Crippen LogP contribution in [0.15, 0.2) is 46.2 Å². The molecule has 0 aliphatic carbocycles. The van der Waals surface area contributed by atoms with E-state index < -0.39 is 9.84 Å². The zero-order chi connectivity index (χ0) is 17.3. The number of benzene rings is 1. The monoisotopic (exact) mass is 398 g/mol. The quantitative estimate of drug-likeness (QED) is 0.633. The number of sulfone groups is 1. The molecular weight excluding hydrogens is 387 g/mol. The topological polar surface area (TPSA) is 59.9 Å². The van der Waals surface area contributed by atoms with E-state index >= 15 is 0 Å². The molecule has 24 heavy (non-hydrogen) atoms. The minimum absolute atomic E-state index is 0.0471. The predicted octanol–water partition coefficient (Wildman–Crippen LogP) is 4.79. The summed E-state index contributed by atoms with van der Waals surface area (Å²) in [6.45, 7) is 1.99. The number of hydrogen-bond acceptors (Lipinski definition) is 5. The largest absolute Gasteiger partial charge is 0.257 e. The number of aromatic nitrogens is 2. The average molecular weight is 399 g/mol. The zero-order valence-electron chi connectivity index (χ0n) is 12.5. The van der Waals surface area contributed by atoms with E-state index in [1.807, 2.05) is 31.2 Å². The molecule has 0 aliphatic heterocycles. The third-order valence-corrected chi connectivity index (χ3v) is 6.80. The second-order valence-corrected chi connectivity index (χ2v) is 9.07. The summed E-state index contributed by atoms with van der Waals surface area (Å²) >= 11 is 12.9. The van der Waals surface area contributed by atoms with E-state index in [4.69, 9.17) is 23.2 Å². The van der Waals surface area contributed by atoms with Crippen molar-refractivity contribution in [2.24, 2.45) is 0 Å². The van der Waals surface area contributed by atoms with Crippen molar-refractivity contribution in [1.82, 2.24) is 9.97 Å². The highest BCUT2D eigenvalue weighted by atomic mass is 35.5. The van der Waals surface area contributed by atoms with Crippen LogP contribution in [0.1, 0.15) is 11.3 Å². The van der Waals surface area contributed by atoms with Crippen molar-refractivity contribution >= 4 is 44.4 Å². The molecule has 3 aromatic rings. The fourth-order valence-electron chi connectivity index (χ4n) is 2.05. The van der Waals surface area contributed by atoms with Crippen LogP contribution in [0, 0.1) is 6.92 Å². The summed E-state index contributed by atoms with van der Waals surface area (Å²) in [6.07, 6.45) is 1.37. The van der Waals surface area contributed by atoms with Crippen LogP contribution in [0.5, 0.6) is 0 Å². The van der Waals surface area contributed by atoms with Gasteiger partial charge in [0.15, 0.2) is 0 Å². The van der Waals surface area contributed by atoms with Crippen LogP contribution in [0.3, 0.4) is 0 Å². The molecule has 0 unspecified atom stereocenters. The van der Waals surface area contributed by atoms with E-state index in [0.717, 1.165) is 22.5 Å². The van der Waals surface area contributed by atoms with E-state index in [1.165, 1.54) is 12.3 Å². The molecule has 1 aromatic carbocycles. The van der Waals surface area contributed by atoms with Crippen molar-refractivity contribution < 1.29 is 8.42 Å². The average Bonchev–Trinajstić information content (AvgIpc) is 3.02. The third-order valence-electron chi connectivity index (χ3n) is 3.31. The van der Waals surface area contributed by atoms with Crippen LogP contribution < -0.4 is 0 Å². The lowest BCUT2D eigenvalue weighted by Crippen LogP contribution is -2.06. The number of nitrogens with zero attached hydrogens (tertiary/aromatic N) is 2. The molecule has 2 aromatic heterocycles. The number of rotatable bonds is 4. The van der Waals surface area contributed by atoms with Crippen LogP contribution in [-0.4, -0.2) is 18.4 Å². The first-order valence-electron chi connectivity index (χ1n) is 6.90. The van der Waals surface area contributed by atoms with Gasteiger partial charge in [0.1, 0.15) is 5.75 Å². The van der Waals surface area contributed by atoms with Crippen LogP contribution in [0.25, 0.3) is 11.3 Å². The molecule has 0 spiro atoms. The van der Waals surface area contributed by atoms with Gasteiger partial charge in [-0.2, -0.15) is 0 Å². The minimum atomic E-state index is -3.63. The Morgan fingerprint density at radius 2 is 1.88 bits per heavy atom. The van der Waals surface area contributed by atoms with Gasteiger partial charge in [0.2, 0.25) is 14.2 Å². The van der Waals surface area contributed by atoms with E-state index in [2.05, 4.69) is 9.97 Å². The Balaban J connectivity index is 1.89. The second kappa shape index (κ2) is 6.80. The maximum atomic E-state index is 12.6. The highest BCUT2D eigenvalue weighted by Crippen LogP contribution is 2.28. The molecular formula is C16H12Cl2N2O2S2. The zero-order valence-corrected chi connectivity index (χ0v) is 15.7. The van der Waals surface area contributed by atoms with Gasteiger partial charge in [-0.25, -0.2) is 13.4 Å². The lowest BCUT2D eigenvalue weighted by Gasteiger charge is -2.03. The summed E-state index contributed by atoms with van der Waals surface area (Å²) in [6, 6.07) is 9.22. The first-order valence-corrected chi connectivity index (χ1v) is 10.2. The normalized spacial score (nSPS) is 11.6. The SMILES string of the molecule is Cc1ccc(-c2csc(S(=O)(=O)Cc3ncc(Cl)cc3Cl)n2)cc1. The summed E-state index contributed by atoms with van der Waals surface area (Å²) in [4.78, 5) is 8.26. The van der Waals surface area contributed by atoms with Crippen molar-refractivity contribution in [3.8, 4) is 11.3 Å². The third kappa shape index (κ3) is 3.78. The molecule has 0 aliphatic rings. The van der Waals surface area contributed by atoms with E-state index in [0.29, 0.717) is 10.7 Å². The summed E-state index contributed by atoms with van der Waals surface area (Å²) in [5.41, 5.74) is 2.90. The fraction of sp³-hybridized carbons (Fsp3) is 0.125. The van der Waals surface area contributed by atoms with E-state index in [-0.39, 0.29) is 20.8 Å². The molecule has 0 bridgehead atoms. The van der Waals surface area contributed by atoms with E-state index in [9.17, 15) is 8.42 Å². The maximum Gasteiger partial charge on any atom is 0.211 e. The Morgan fingerprint density at radius 1 is 1.17 bits per heavy atom. The Kier molecular flexibility index (Phi) is 4.92. The van der Waals surface area contributed by atoms with Gasteiger partial charge in [-0.3, -0.25) is 4.98 Å². The molecule has 0 saturated heterocycles. The molecule has 0 fully saturated rings. The van der Waals surface area contributed by atoms with Gasteiger partial charge < -0.3 is 0 Å². The van der Waals surface area contributed by atoms with Crippen molar-refractivity contribution in [1.29, 1.82) is 0 Å². The van der Waals surface area contributed by atoms with Gasteiger partial charge >= 0.3 is 0 Å². The second-order valence-electron chi connectivity index (χ2n) is 5.21. The number of pyridine rings is 1. The van der Waals surface area contributed by atoms with Crippen molar-refractivity contribution in [2.45, 2.75) is 17.0 Å². The van der Waals surface area contributed by atoms with Crippen LogP contribution in [0.2, 0.25) is 10.0 Å². The molecule has 0 N–H and O–H groups in total. The highest BCUT2D eigenvalue weighted by Gasteiger charge is 2.22. The van der Waals surface area contributed by atoms with Crippen molar-refractivity contribution in [3.05, 3.63) is 63.2 Å². The molecule has 0 radical (unpaired) electrons. The molecule has 124 valence electrons. The standard InChI is InChI=1S/C16H12Cl2N2O2S2/c1-10-2-4-11(5-3-10)14-8-23-16(20-14)24(21,22)9-15-13(18)6-12(17)7-19-15/h2-8H,9H2,1H3. The number of aryl methyl sites for hydroxylation is 1. The Morgan fingerprint density at radius 3 is 2.54 bits per heavy atom. The van der Waals surface area contributed by atoms with Gasteiger partial charge in [0.25, 0.3) is 0 Å². The summed E-state index contributed by atoms with van der Waals surface area (Å²) in [5.74, 6) is -0.316. The predicted molar refractivity (Wildman–Crippen MR) is 97.4 cm³/mol. The lowest BCUT2D eigenvalue weighted by molar-refractivity contribution is 0.594. The number of thiazole rings is 1. The van der Waals surface area contributed by atoms with Gasteiger partial charge in [0.05, 0.1) is 21.4 Å². The van der Waals surface area contributed by atoms with Gasteiger partial charge in [-0.15, -0.1) is 11.3 Å². The Bertz CT molecular complexity index is 984. The smallest absolute Gasteiger partial charge is 0.211 e.